The highest BCUT2D eigenvalue weighted by Crippen LogP contribution is 2.12. The average Bonchev–Trinajstić information content (AvgIpc) is 2.53. The van der Waals surface area contributed by atoms with E-state index in [1.54, 1.807) is 43.3 Å². The molecule has 24 heavy (non-hydrogen) atoms. The average molecular weight is 365 g/mol. The number of hydrogen-bond acceptors (Lipinski definition) is 4. The normalized spacial score (nSPS) is 12.2. The van der Waals surface area contributed by atoms with Gasteiger partial charge in [-0.05, 0) is 48.9 Å². The summed E-state index contributed by atoms with van der Waals surface area (Å²) >= 11 is 5.80. The number of Topliss-reactive ketones (excluding diaryl/α,β-unsaturated/α-hetero) is 1. The molecule has 126 valence electrons. The van der Waals surface area contributed by atoms with Gasteiger partial charge < -0.3 is 0 Å². The molecule has 2 rings (SSSR count). The Morgan fingerprint density at radius 1 is 1.08 bits per heavy atom. The van der Waals surface area contributed by atoms with Crippen LogP contribution in [-0.4, -0.2) is 19.9 Å². The molecule has 2 N–H and O–H groups in total. The van der Waals surface area contributed by atoms with E-state index in [4.69, 9.17) is 16.7 Å². The molecule has 7 heteroatoms. The SMILES string of the molecule is CC(CC(=O)c1ccc(Cl)cc1)=NCc1ccc(S(N)(=O)=O)cc1. The van der Waals surface area contributed by atoms with Gasteiger partial charge in [-0.3, -0.25) is 9.79 Å². The molecule has 0 unspecified atom stereocenters. The largest absolute Gasteiger partial charge is 0.294 e. The van der Waals surface area contributed by atoms with Gasteiger partial charge in [-0.15, -0.1) is 0 Å². The smallest absolute Gasteiger partial charge is 0.238 e. The van der Waals surface area contributed by atoms with Crippen LogP contribution in [0.2, 0.25) is 5.02 Å². The van der Waals surface area contributed by atoms with Gasteiger partial charge in [0, 0.05) is 22.7 Å². The molecule has 0 atom stereocenters. The van der Waals surface area contributed by atoms with E-state index in [2.05, 4.69) is 4.99 Å². The fraction of sp³-hybridized carbons (Fsp3) is 0.176. The number of carbonyl (C=O) groups excluding carboxylic acids is 1. The van der Waals surface area contributed by atoms with Crippen molar-refractivity contribution in [3.05, 3.63) is 64.7 Å². The number of ketones is 1. The molecule has 0 heterocycles. The number of sulfonamides is 1. The van der Waals surface area contributed by atoms with Gasteiger partial charge in [-0.1, -0.05) is 23.7 Å². The van der Waals surface area contributed by atoms with E-state index in [9.17, 15) is 13.2 Å². The lowest BCUT2D eigenvalue weighted by atomic mass is 10.1. The zero-order chi connectivity index (χ0) is 17.7. The second kappa shape index (κ2) is 7.70. The van der Waals surface area contributed by atoms with Crippen LogP contribution < -0.4 is 5.14 Å². The van der Waals surface area contributed by atoms with Crippen LogP contribution in [0.15, 0.2) is 58.4 Å². The van der Waals surface area contributed by atoms with Crippen molar-refractivity contribution in [2.45, 2.75) is 24.8 Å². The maximum atomic E-state index is 12.1. The van der Waals surface area contributed by atoms with Gasteiger partial charge in [0.25, 0.3) is 0 Å². The first kappa shape index (κ1) is 18.3. The molecule has 0 fully saturated rings. The summed E-state index contributed by atoms with van der Waals surface area (Å²) in [5, 5.41) is 5.63. The van der Waals surface area contributed by atoms with Crippen LogP contribution in [0.1, 0.15) is 29.3 Å². The predicted octanol–water partition coefficient (Wildman–Crippen LogP) is 3.22. The third kappa shape index (κ3) is 5.26. The fourth-order valence-corrected chi connectivity index (χ4v) is 2.68. The third-order valence-corrected chi connectivity index (χ3v) is 4.55. The van der Waals surface area contributed by atoms with Crippen molar-refractivity contribution in [1.29, 1.82) is 0 Å². The molecule has 0 bridgehead atoms. The molecule has 5 nitrogen and oxygen atoms in total. The fourth-order valence-electron chi connectivity index (χ4n) is 2.04. The Kier molecular flexibility index (Phi) is 5.88. The summed E-state index contributed by atoms with van der Waals surface area (Å²) in [4.78, 5) is 16.5. The molecule has 0 saturated heterocycles. The quantitative estimate of drug-likeness (QED) is 0.630. The van der Waals surface area contributed by atoms with Gasteiger partial charge >= 0.3 is 0 Å². The number of aliphatic imine (C=N–C) groups is 1. The van der Waals surface area contributed by atoms with Crippen LogP contribution >= 0.6 is 11.6 Å². The minimum absolute atomic E-state index is 0.0301. The molecular weight excluding hydrogens is 348 g/mol. The van der Waals surface area contributed by atoms with Crippen molar-refractivity contribution in [3.63, 3.8) is 0 Å². The van der Waals surface area contributed by atoms with Crippen LogP contribution in [0.4, 0.5) is 0 Å². The van der Waals surface area contributed by atoms with Crippen molar-refractivity contribution >= 4 is 33.1 Å². The number of primary sulfonamides is 1. The second-order valence-corrected chi connectivity index (χ2v) is 7.35. The summed E-state index contributed by atoms with van der Waals surface area (Å²) in [6.07, 6.45) is 0.219. The topological polar surface area (TPSA) is 89.6 Å². The minimum Gasteiger partial charge on any atom is -0.294 e. The van der Waals surface area contributed by atoms with E-state index in [1.165, 1.54) is 12.1 Å². The van der Waals surface area contributed by atoms with Crippen LogP contribution in [0.3, 0.4) is 0 Å². The van der Waals surface area contributed by atoms with E-state index in [0.29, 0.717) is 22.8 Å². The minimum atomic E-state index is -3.69. The van der Waals surface area contributed by atoms with Crippen LogP contribution in [0, 0.1) is 0 Å². The molecule has 0 aliphatic rings. The molecule has 0 amide bonds. The first-order valence-corrected chi connectivity index (χ1v) is 9.08. The summed E-state index contributed by atoms with van der Waals surface area (Å²) in [7, 11) is -3.69. The lowest BCUT2D eigenvalue weighted by Crippen LogP contribution is -2.11. The Bertz CT molecular complexity index is 858. The molecule has 0 aliphatic carbocycles. The molecule has 0 aromatic heterocycles. The highest BCUT2D eigenvalue weighted by molar-refractivity contribution is 7.89. The number of benzene rings is 2. The summed E-state index contributed by atoms with van der Waals surface area (Å²) in [5.41, 5.74) is 2.12. The molecule has 0 spiro atoms. The number of halogens is 1. The first-order valence-electron chi connectivity index (χ1n) is 7.16. The molecule has 2 aromatic rings. The Hall–Kier alpha value is -2.02. The van der Waals surface area contributed by atoms with Crippen LogP contribution in [-0.2, 0) is 16.6 Å². The van der Waals surface area contributed by atoms with Gasteiger partial charge in [0.1, 0.15) is 0 Å². The Morgan fingerprint density at radius 2 is 1.67 bits per heavy atom. The van der Waals surface area contributed by atoms with E-state index < -0.39 is 10.0 Å². The number of nitrogens with two attached hydrogens (primary N) is 1. The lowest BCUT2D eigenvalue weighted by molar-refractivity contribution is 0.100. The molecule has 0 aliphatic heterocycles. The van der Waals surface area contributed by atoms with Gasteiger partial charge in [0.05, 0.1) is 11.4 Å². The summed E-state index contributed by atoms with van der Waals surface area (Å²) in [6, 6.07) is 12.9. The number of rotatable bonds is 6. The van der Waals surface area contributed by atoms with E-state index in [0.717, 1.165) is 5.56 Å². The Balaban J connectivity index is 1.98. The maximum absolute atomic E-state index is 12.1. The van der Waals surface area contributed by atoms with Crippen LogP contribution in [0.25, 0.3) is 0 Å². The monoisotopic (exact) mass is 364 g/mol. The van der Waals surface area contributed by atoms with Crippen molar-refractivity contribution in [2.75, 3.05) is 0 Å². The maximum Gasteiger partial charge on any atom is 0.238 e. The highest BCUT2D eigenvalue weighted by atomic mass is 35.5. The third-order valence-electron chi connectivity index (χ3n) is 3.37. The summed E-state index contributed by atoms with van der Waals surface area (Å²) in [6.45, 7) is 2.15. The van der Waals surface area contributed by atoms with Gasteiger partial charge in [0.2, 0.25) is 10.0 Å². The molecule has 0 radical (unpaired) electrons. The highest BCUT2D eigenvalue weighted by Gasteiger charge is 2.08. The van der Waals surface area contributed by atoms with E-state index in [-0.39, 0.29) is 17.1 Å². The number of carbonyl (C=O) groups is 1. The van der Waals surface area contributed by atoms with Crippen LogP contribution in [0.5, 0.6) is 0 Å². The molecule has 0 saturated carbocycles. The predicted molar refractivity (Wildman–Crippen MR) is 95.0 cm³/mol. The molecular formula is C17H17ClN2O3S. The van der Waals surface area contributed by atoms with Gasteiger partial charge in [0.15, 0.2) is 5.78 Å². The van der Waals surface area contributed by atoms with E-state index in [1.807, 2.05) is 0 Å². The molecule has 2 aromatic carbocycles. The van der Waals surface area contributed by atoms with Crippen molar-refractivity contribution in [3.8, 4) is 0 Å². The van der Waals surface area contributed by atoms with Gasteiger partial charge in [-0.25, -0.2) is 13.6 Å². The zero-order valence-electron chi connectivity index (χ0n) is 13.1. The number of nitrogens with zero attached hydrogens (tertiary/aromatic N) is 1. The Labute approximate surface area is 146 Å². The first-order chi connectivity index (χ1) is 11.3. The van der Waals surface area contributed by atoms with Crippen molar-refractivity contribution < 1.29 is 13.2 Å². The summed E-state index contributed by atoms with van der Waals surface area (Å²) in [5.74, 6) is -0.0301. The number of hydrogen-bond donors (Lipinski definition) is 1. The van der Waals surface area contributed by atoms with Crippen molar-refractivity contribution in [2.24, 2.45) is 10.1 Å². The second-order valence-electron chi connectivity index (χ2n) is 5.35. The van der Waals surface area contributed by atoms with Crippen molar-refractivity contribution in [1.82, 2.24) is 0 Å². The van der Waals surface area contributed by atoms with E-state index >= 15 is 0 Å². The standard InChI is InChI=1S/C17H17ClN2O3S/c1-12(10-17(21)14-4-6-15(18)7-5-14)20-11-13-2-8-16(9-3-13)24(19,22)23/h2-9H,10-11H2,1H3,(H2,19,22,23). The summed E-state index contributed by atoms with van der Waals surface area (Å²) < 4.78 is 22.4. The Morgan fingerprint density at radius 3 is 2.21 bits per heavy atom. The zero-order valence-corrected chi connectivity index (χ0v) is 14.6. The lowest BCUT2D eigenvalue weighted by Gasteiger charge is -2.03. The van der Waals surface area contributed by atoms with Gasteiger partial charge in [-0.2, -0.15) is 0 Å².